The highest BCUT2D eigenvalue weighted by Gasteiger charge is 2.02. The Bertz CT molecular complexity index is 306. The van der Waals surface area contributed by atoms with Gasteiger partial charge in [-0.3, -0.25) is 0 Å². The van der Waals surface area contributed by atoms with Gasteiger partial charge in [0.05, 0.1) is 5.02 Å². The molecule has 78 valence electrons. The Balaban J connectivity index is 2.55. The predicted molar refractivity (Wildman–Crippen MR) is 61.5 cm³/mol. The van der Waals surface area contributed by atoms with Crippen LogP contribution >= 0.6 is 27.5 Å². The summed E-state index contributed by atoms with van der Waals surface area (Å²) in [6.07, 6.45) is 0. The number of halogens is 3. The van der Waals surface area contributed by atoms with Crippen LogP contribution in [0.4, 0.5) is 4.39 Å². The normalized spacial score (nSPS) is 12.9. The number of hydrogen-bond donors (Lipinski definition) is 1. The molecule has 0 spiro atoms. The van der Waals surface area contributed by atoms with Crippen LogP contribution in [-0.4, -0.2) is 11.4 Å². The van der Waals surface area contributed by atoms with Crippen molar-refractivity contribution in [1.29, 1.82) is 0 Å². The molecule has 0 amide bonds. The van der Waals surface area contributed by atoms with Crippen molar-refractivity contribution in [2.75, 3.05) is 5.33 Å². The van der Waals surface area contributed by atoms with Gasteiger partial charge in [-0.1, -0.05) is 33.6 Å². The molecule has 1 aromatic carbocycles. The van der Waals surface area contributed by atoms with Crippen molar-refractivity contribution in [3.8, 4) is 0 Å². The molecule has 4 heteroatoms. The van der Waals surface area contributed by atoms with Crippen LogP contribution in [0.5, 0.6) is 0 Å². The smallest absolute Gasteiger partial charge is 0.141 e. The second-order valence-corrected chi connectivity index (χ2v) is 4.24. The van der Waals surface area contributed by atoms with E-state index in [0.29, 0.717) is 12.6 Å². The summed E-state index contributed by atoms with van der Waals surface area (Å²) in [7, 11) is 0. The summed E-state index contributed by atoms with van der Waals surface area (Å²) in [4.78, 5) is 0. The second-order valence-electron chi connectivity index (χ2n) is 3.18. The first kappa shape index (κ1) is 12.0. The van der Waals surface area contributed by atoms with Crippen molar-refractivity contribution >= 4 is 27.5 Å². The van der Waals surface area contributed by atoms with Crippen molar-refractivity contribution in [1.82, 2.24) is 5.32 Å². The summed E-state index contributed by atoms with van der Waals surface area (Å²) in [5.41, 5.74) is 0.990. The van der Waals surface area contributed by atoms with Gasteiger partial charge in [0.2, 0.25) is 0 Å². The van der Waals surface area contributed by atoms with E-state index in [9.17, 15) is 4.39 Å². The van der Waals surface area contributed by atoms with E-state index in [1.54, 1.807) is 12.1 Å². The third kappa shape index (κ3) is 3.56. The fourth-order valence-electron chi connectivity index (χ4n) is 0.996. The summed E-state index contributed by atoms with van der Waals surface area (Å²) in [5, 5.41) is 4.33. The Kier molecular flexibility index (Phi) is 4.85. The number of benzene rings is 1. The topological polar surface area (TPSA) is 12.0 Å². The Labute approximate surface area is 96.8 Å². The van der Waals surface area contributed by atoms with E-state index in [1.807, 2.05) is 0 Å². The van der Waals surface area contributed by atoms with Crippen molar-refractivity contribution in [2.45, 2.75) is 19.5 Å². The Morgan fingerprint density at radius 1 is 1.57 bits per heavy atom. The van der Waals surface area contributed by atoms with Gasteiger partial charge in [-0.25, -0.2) is 4.39 Å². The quantitative estimate of drug-likeness (QED) is 0.834. The van der Waals surface area contributed by atoms with Crippen LogP contribution < -0.4 is 5.32 Å². The predicted octanol–water partition coefficient (Wildman–Crippen LogP) is 3.35. The molecule has 1 atom stereocenters. The van der Waals surface area contributed by atoms with E-state index in [1.165, 1.54) is 6.07 Å². The van der Waals surface area contributed by atoms with Crippen LogP contribution in [0, 0.1) is 5.82 Å². The van der Waals surface area contributed by atoms with Gasteiger partial charge < -0.3 is 5.32 Å². The molecular weight excluding hydrogens is 268 g/mol. The number of rotatable bonds is 4. The highest BCUT2D eigenvalue weighted by Crippen LogP contribution is 2.15. The maximum absolute atomic E-state index is 12.8. The lowest BCUT2D eigenvalue weighted by Crippen LogP contribution is -2.26. The molecule has 1 unspecified atom stereocenters. The molecule has 0 aromatic heterocycles. The summed E-state index contributed by atoms with van der Waals surface area (Å²) < 4.78 is 12.8. The largest absolute Gasteiger partial charge is 0.309 e. The minimum atomic E-state index is -0.371. The summed E-state index contributed by atoms with van der Waals surface area (Å²) >= 11 is 9.02. The first-order valence-electron chi connectivity index (χ1n) is 4.36. The molecule has 1 nitrogen and oxygen atoms in total. The SMILES string of the molecule is CC(CBr)NCc1ccc(F)c(Cl)c1. The van der Waals surface area contributed by atoms with Crippen molar-refractivity contribution in [2.24, 2.45) is 0 Å². The highest BCUT2D eigenvalue weighted by atomic mass is 79.9. The zero-order valence-corrected chi connectivity index (χ0v) is 10.2. The van der Waals surface area contributed by atoms with E-state index >= 15 is 0 Å². The molecule has 1 rings (SSSR count). The first-order valence-corrected chi connectivity index (χ1v) is 5.86. The maximum atomic E-state index is 12.8. The standard InChI is InChI=1S/C10H12BrClFN/c1-7(5-11)14-6-8-2-3-10(13)9(12)4-8/h2-4,7,14H,5-6H2,1H3. The lowest BCUT2D eigenvalue weighted by molar-refractivity contribution is 0.595. The zero-order valence-electron chi connectivity index (χ0n) is 7.86. The Morgan fingerprint density at radius 2 is 2.29 bits per heavy atom. The minimum absolute atomic E-state index is 0.177. The van der Waals surface area contributed by atoms with Crippen molar-refractivity contribution in [3.05, 3.63) is 34.6 Å². The third-order valence-corrected chi connectivity index (χ3v) is 3.13. The lowest BCUT2D eigenvalue weighted by atomic mass is 10.2. The molecule has 0 aliphatic heterocycles. The van der Waals surface area contributed by atoms with E-state index in [2.05, 4.69) is 28.2 Å². The lowest BCUT2D eigenvalue weighted by Gasteiger charge is -2.10. The molecule has 0 radical (unpaired) electrons. The monoisotopic (exact) mass is 279 g/mol. The molecule has 0 fully saturated rings. The van der Waals surface area contributed by atoms with E-state index < -0.39 is 0 Å². The number of hydrogen-bond acceptors (Lipinski definition) is 1. The summed E-state index contributed by atoms with van der Waals surface area (Å²) in [5.74, 6) is -0.371. The van der Waals surface area contributed by atoms with Crippen LogP contribution in [0.2, 0.25) is 5.02 Å². The molecular formula is C10H12BrClFN. The molecule has 0 saturated heterocycles. The second kappa shape index (κ2) is 5.69. The molecule has 1 N–H and O–H groups in total. The van der Waals surface area contributed by atoms with Crippen LogP contribution in [0.25, 0.3) is 0 Å². The van der Waals surface area contributed by atoms with Crippen LogP contribution in [0.1, 0.15) is 12.5 Å². The first-order chi connectivity index (χ1) is 6.63. The summed E-state index contributed by atoms with van der Waals surface area (Å²) in [6.45, 7) is 2.77. The molecule has 0 aliphatic carbocycles. The van der Waals surface area contributed by atoms with E-state index in [4.69, 9.17) is 11.6 Å². The van der Waals surface area contributed by atoms with Crippen LogP contribution in [-0.2, 0) is 6.54 Å². The summed E-state index contributed by atoms with van der Waals surface area (Å²) in [6, 6.07) is 5.15. The third-order valence-electron chi connectivity index (χ3n) is 1.87. The molecule has 0 heterocycles. The van der Waals surface area contributed by atoms with Gasteiger partial charge >= 0.3 is 0 Å². The van der Waals surface area contributed by atoms with Gasteiger partial charge in [0.1, 0.15) is 5.82 Å². The van der Waals surface area contributed by atoms with E-state index in [-0.39, 0.29) is 10.8 Å². The fraction of sp³-hybridized carbons (Fsp3) is 0.400. The van der Waals surface area contributed by atoms with Crippen LogP contribution in [0.15, 0.2) is 18.2 Å². The van der Waals surface area contributed by atoms with E-state index in [0.717, 1.165) is 10.9 Å². The maximum Gasteiger partial charge on any atom is 0.141 e. The highest BCUT2D eigenvalue weighted by molar-refractivity contribution is 9.09. The van der Waals surface area contributed by atoms with Crippen molar-refractivity contribution in [3.63, 3.8) is 0 Å². The average Bonchev–Trinajstić information content (AvgIpc) is 2.19. The average molecular weight is 281 g/mol. The van der Waals surface area contributed by atoms with Crippen LogP contribution in [0.3, 0.4) is 0 Å². The molecule has 0 bridgehead atoms. The van der Waals surface area contributed by atoms with Gasteiger partial charge in [0.25, 0.3) is 0 Å². The fourth-order valence-corrected chi connectivity index (χ4v) is 1.43. The van der Waals surface area contributed by atoms with Gasteiger partial charge in [0, 0.05) is 17.9 Å². The molecule has 0 aliphatic rings. The van der Waals surface area contributed by atoms with Gasteiger partial charge in [-0.15, -0.1) is 0 Å². The van der Waals surface area contributed by atoms with Gasteiger partial charge in [-0.05, 0) is 24.6 Å². The Hall–Kier alpha value is -0.120. The molecule has 1 aromatic rings. The van der Waals surface area contributed by atoms with Crippen molar-refractivity contribution < 1.29 is 4.39 Å². The molecule has 0 saturated carbocycles. The molecule has 14 heavy (non-hydrogen) atoms. The zero-order chi connectivity index (χ0) is 10.6. The number of alkyl halides is 1. The minimum Gasteiger partial charge on any atom is -0.309 e. The van der Waals surface area contributed by atoms with Gasteiger partial charge in [0.15, 0.2) is 0 Å². The Morgan fingerprint density at radius 3 is 2.86 bits per heavy atom. The van der Waals surface area contributed by atoms with Gasteiger partial charge in [-0.2, -0.15) is 0 Å². The number of nitrogens with one attached hydrogen (secondary N) is 1.